The number of rotatable bonds is 6. The largest absolute Gasteiger partial charge is 0.493 e. The molecule has 1 aromatic carbocycles. The summed E-state index contributed by atoms with van der Waals surface area (Å²) in [5, 5.41) is 0. The normalized spacial score (nSPS) is 9.84. The fraction of sp³-hybridized carbons (Fsp3) is 0.667. The van der Waals surface area contributed by atoms with Crippen LogP contribution in [0.15, 0.2) is 12.1 Å². The molecule has 0 aliphatic carbocycles. The Balaban J connectivity index is 0. The molecule has 0 fully saturated rings. The number of carbonyl (C=O) groups excluding carboxylic acids is 1. The van der Waals surface area contributed by atoms with E-state index in [0.717, 1.165) is 12.0 Å². The van der Waals surface area contributed by atoms with Gasteiger partial charge in [-0.2, -0.15) is 0 Å². The molecule has 0 aliphatic rings. The number of hydrogen-bond donors (Lipinski definition) is 0. The summed E-state index contributed by atoms with van der Waals surface area (Å²) in [5.41, 5.74) is 0.521. The number of carbonyl (C=O) groups is 1. The first kappa shape index (κ1) is 25.5. The Morgan fingerprint density at radius 2 is 1.36 bits per heavy atom. The van der Waals surface area contributed by atoms with Gasteiger partial charge in [-0.3, -0.25) is 4.79 Å². The van der Waals surface area contributed by atoms with E-state index in [-0.39, 0.29) is 5.97 Å². The molecule has 0 unspecified atom stereocenters. The lowest BCUT2D eigenvalue weighted by molar-refractivity contribution is -0.144. The topological polar surface area (TPSA) is 44.8 Å². The second kappa shape index (κ2) is 13.6. The Morgan fingerprint density at radius 3 is 1.64 bits per heavy atom. The predicted octanol–water partition coefficient (Wildman–Crippen LogP) is 6.05. The van der Waals surface area contributed by atoms with Crippen molar-refractivity contribution in [1.29, 1.82) is 0 Å². The van der Waals surface area contributed by atoms with Gasteiger partial charge in [-0.05, 0) is 44.4 Å². The molecule has 0 heterocycles. The minimum Gasteiger partial charge on any atom is -0.493 e. The van der Waals surface area contributed by atoms with E-state index in [1.807, 2.05) is 53.7 Å². The summed E-state index contributed by atoms with van der Waals surface area (Å²) >= 11 is 0. The average molecular weight is 355 g/mol. The van der Waals surface area contributed by atoms with Crippen LogP contribution in [0.5, 0.6) is 17.2 Å². The highest BCUT2D eigenvalue weighted by Crippen LogP contribution is 2.40. The second-order valence-corrected chi connectivity index (χ2v) is 6.02. The first-order chi connectivity index (χ1) is 11.8. The van der Waals surface area contributed by atoms with E-state index in [4.69, 9.17) is 14.2 Å². The first-order valence-electron chi connectivity index (χ1n) is 9.28. The van der Waals surface area contributed by atoms with Crippen LogP contribution < -0.4 is 14.2 Å². The summed E-state index contributed by atoms with van der Waals surface area (Å²) in [6.45, 7) is 16.0. The third-order valence-electron chi connectivity index (χ3n) is 3.56. The van der Waals surface area contributed by atoms with Gasteiger partial charge in [-0.1, -0.05) is 48.0 Å². The van der Waals surface area contributed by atoms with Crippen molar-refractivity contribution < 1.29 is 19.0 Å². The number of esters is 1. The van der Waals surface area contributed by atoms with Gasteiger partial charge < -0.3 is 14.2 Å². The average Bonchev–Trinajstić information content (AvgIpc) is 2.63. The van der Waals surface area contributed by atoms with Crippen molar-refractivity contribution in [2.45, 2.75) is 74.7 Å². The maximum atomic E-state index is 12.2. The molecule has 0 spiro atoms. The second-order valence-electron chi connectivity index (χ2n) is 6.02. The molecule has 0 amide bonds. The number of methoxy groups -OCH3 is 2. The van der Waals surface area contributed by atoms with E-state index in [1.54, 1.807) is 14.2 Å². The van der Waals surface area contributed by atoms with Crippen molar-refractivity contribution in [1.82, 2.24) is 0 Å². The maximum absolute atomic E-state index is 12.2. The molecule has 1 rings (SSSR count). The molecular formula is C21H38O4. The lowest BCUT2D eigenvalue weighted by atomic mass is 9.91. The number of aryl methyl sites for hydroxylation is 1. The zero-order chi connectivity index (χ0) is 20.0. The van der Waals surface area contributed by atoms with Gasteiger partial charge in [0.2, 0.25) is 5.75 Å². The van der Waals surface area contributed by atoms with Gasteiger partial charge in [-0.15, -0.1) is 0 Å². The summed E-state index contributed by atoms with van der Waals surface area (Å²) in [6.07, 6.45) is 2.80. The Bertz CT molecular complexity index is 468. The van der Waals surface area contributed by atoms with Crippen LogP contribution in [0.3, 0.4) is 0 Å². The Labute approximate surface area is 154 Å². The summed E-state index contributed by atoms with van der Waals surface area (Å²) in [5.74, 6) is 1.09. The van der Waals surface area contributed by atoms with Crippen LogP contribution in [-0.4, -0.2) is 20.2 Å². The molecule has 25 heavy (non-hydrogen) atoms. The van der Waals surface area contributed by atoms with Gasteiger partial charge in [0, 0.05) is 0 Å². The summed E-state index contributed by atoms with van der Waals surface area (Å²) in [7, 11) is 3.10. The van der Waals surface area contributed by atoms with Crippen molar-refractivity contribution in [2.75, 3.05) is 14.2 Å². The van der Waals surface area contributed by atoms with Gasteiger partial charge in [0.25, 0.3) is 0 Å². The highest BCUT2D eigenvalue weighted by atomic mass is 16.6. The zero-order valence-electron chi connectivity index (χ0n) is 17.9. The van der Waals surface area contributed by atoms with Crippen molar-refractivity contribution in [3.8, 4) is 17.2 Å². The molecule has 1 aromatic rings. The zero-order valence-corrected chi connectivity index (χ0v) is 17.9. The van der Waals surface area contributed by atoms with E-state index in [9.17, 15) is 4.79 Å². The van der Waals surface area contributed by atoms with Crippen LogP contribution >= 0.6 is 0 Å². The Hall–Kier alpha value is -1.71. The fourth-order valence-corrected chi connectivity index (χ4v) is 1.61. The quantitative estimate of drug-likeness (QED) is 0.461. The molecule has 0 radical (unpaired) electrons. The van der Waals surface area contributed by atoms with E-state index in [2.05, 4.69) is 13.8 Å². The van der Waals surface area contributed by atoms with Crippen LogP contribution in [0.25, 0.3) is 0 Å². The minimum atomic E-state index is -0.542. The van der Waals surface area contributed by atoms with Gasteiger partial charge in [0.05, 0.1) is 19.6 Å². The molecule has 0 bridgehead atoms. The molecule has 0 saturated carbocycles. The van der Waals surface area contributed by atoms with E-state index in [1.165, 1.54) is 6.42 Å². The van der Waals surface area contributed by atoms with Gasteiger partial charge in [0.15, 0.2) is 11.5 Å². The minimum absolute atomic E-state index is 0.291. The highest BCUT2D eigenvalue weighted by molar-refractivity contribution is 5.80. The van der Waals surface area contributed by atoms with Crippen LogP contribution in [-0.2, 0) is 11.2 Å². The summed E-state index contributed by atoms with van der Waals surface area (Å²) in [6, 6.07) is 3.73. The summed E-state index contributed by atoms with van der Waals surface area (Å²) in [4.78, 5) is 12.2. The predicted molar refractivity (Wildman–Crippen MR) is 106 cm³/mol. The Morgan fingerprint density at radius 1 is 0.960 bits per heavy atom. The van der Waals surface area contributed by atoms with Crippen molar-refractivity contribution in [3.63, 3.8) is 0 Å². The molecule has 146 valence electrons. The molecule has 4 heteroatoms. The van der Waals surface area contributed by atoms with Crippen molar-refractivity contribution >= 4 is 5.97 Å². The number of benzene rings is 1. The lowest BCUT2D eigenvalue weighted by Crippen LogP contribution is -2.28. The van der Waals surface area contributed by atoms with Crippen LogP contribution in [0.2, 0.25) is 0 Å². The maximum Gasteiger partial charge on any atom is 0.317 e. The SMILES string of the molecule is CC.CCC.CCc1cc(OC)c(OC(=O)C(C)(C)CC)c(OC)c1. The molecule has 0 saturated heterocycles. The molecule has 0 N–H and O–H groups in total. The molecular weight excluding hydrogens is 316 g/mol. The van der Waals surface area contributed by atoms with Crippen molar-refractivity contribution in [2.24, 2.45) is 5.41 Å². The van der Waals surface area contributed by atoms with Crippen LogP contribution in [0.1, 0.15) is 73.8 Å². The highest BCUT2D eigenvalue weighted by Gasteiger charge is 2.29. The molecule has 0 aliphatic heterocycles. The lowest BCUT2D eigenvalue weighted by Gasteiger charge is -2.22. The van der Waals surface area contributed by atoms with Crippen LogP contribution in [0, 0.1) is 5.41 Å². The Kier molecular flexibility index (Phi) is 13.9. The third kappa shape index (κ3) is 8.28. The molecule has 4 nitrogen and oxygen atoms in total. The number of hydrogen-bond acceptors (Lipinski definition) is 4. The fourth-order valence-electron chi connectivity index (χ4n) is 1.61. The smallest absolute Gasteiger partial charge is 0.317 e. The number of ether oxygens (including phenoxy) is 3. The van der Waals surface area contributed by atoms with E-state index in [0.29, 0.717) is 23.7 Å². The van der Waals surface area contributed by atoms with E-state index < -0.39 is 5.41 Å². The monoisotopic (exact) mass is 354 g/mol. The molecule has 0 atom stereocenters. The molecule has 0 aromatic heterocycles. The van der Waals surface area contributed by atoms with Crippen molar-refractivity contribution in [3.05, 3.63) is 17.7 Å². The van der Waals surface area contributed by atoms with Crippen LogP contribution in [0.4, 0.5) is 0 Å². The summed E-state index contributed by atoms with van der Waals surface area (Å²) < 4.78 is 16.2. The standard InChI is InChI=1S/C16H24O4.C3H8.C2H6/c1-7-11-9-12(18-5)14(13(10-11)19-6)20-15(17)16(3,4)8-2;1-3-2;1-2/h9-10H,7-8H2,1-6H3;3H2,1-2H3;1-2H3. The third-order valence-corrected chi connectivity index (χ3v) is 3.56. The van der Waals surface area contributed by atoms with Gasteiger partial charge in [-0.25, -0.2) is 0 Å². The van der Waals surface area contributed by atoms with Gasteiger partial charge >= 0.3 is 5.97 Å². The van der Waals surface area contributed by atoms with Gasteiger partial charge in [0.1, 0.15) is 0 Å². The first-order valence-corrected chi connectivity index (χ1v) is 9.28. The van der Waals surface area contributed by atoms with E-state index >= 15 is 0 Å².